The lowest BCUT2D eigenvalue weighted by Gasteiger charge is -2.35. The van der Waals surface area contributed by atoms with Crippen LogP contribution in [0.1, 0.15) is 37.5 Å². The minimum absolute atomic E-state index is 0.0293. The van der Waals surface area contributed by atoms with E-state index in [4.69, 9.17) is 4.74 Å². The van der Waals surface area contributed by atoms with Crippen molar-refractivity contribution in [2.24, 2.45) is 0 Å². The molecule has 0 aliphatic carbocycles. The van der Waals surface area contributed by atoms with Gasteiger partial charge in [-0.25, -0.2) is 8.42 Å². The number of hydrogen-bond acceptors (Lipinski definition) is 5. The van der Waals surface area contributed by atoms with Crippen LogP contribution >= 0.6 is 15.9 Å². The van der Waals surface area contributed by atoms with Crippen LogP contribution in [0.2, 0.25) is 0 Å². The van der Waals surface area contributed by atoms with Gasteiger partial charge in [-0.3, -0.25) is 13.9 Å². The molecule has 4 rings (SSSR count). The average molecular weight is 707 g/mol. The number of nitrogens with zero attached hydrogens (tertiary/aromatic N) is 2. The quantitative estimate of drug-likeness (QED) is 0.181. The average Bonchev–Trinajstić information content (AvgIpc) is 3.01. The van der Waals surface area contributed by atoms with Crippen LogP contribution in [0.3, 0.4) is 0 Å². The lowest BCUT2D eigenvalue weighted by molar-refractivity contribution is -0.140. The molecule has 0 fully saturated rings. The summed E-state index contributed by atoms with van der Waals surface area (Å²) >= 11 is 3.51. The van der Waals surface area contributed by atoms with Gasteiger partial charge in [0, 0.05) is 23.0 Å². The summed E-state index contributed by atoms with van der Waals surface area (Å²) in [6.45, 7) is 7.00. The number of halogens is 1. The molecule has 0 aliphatic rings. The number of anilines is 1. The molecule has 0 unspecified atom stereocenters. The molecule has 8 nitrogen and oxygen atoms in total. The van der Waals surface area contributed by atoms with Crippen LogP contribution in [0.5, 0.6) is 5.75 Å². The van der Waals surface area contributed by atoms with Crippen LogP contribution in [-0.4, -0.2) is 50.4 Å². The molecule has 46 heavy (non-hydrogen) atoms. The van der Waals surface area contributed by atoms with Crippen molar-refractivity contribution in [2.45, 2.75) is 57.1 Å². The molecule has 10 heteroatoms. The Balaban J connectivity index is 1.85. The largest absolute Gasteiger partial charge is 0.495 e. The Morgan fingerprint density at radius 1 is 0.870 bits per heavy atom. The van der Waals surface area contributed by atoms with E-state index >= 15 is 0 Å². The Kier molecular flexibility index (Phi) is 11.3. The van der Waals surface area contributed by atoms with E-state index in [2.05, 4.69) is 21.2 Å². The van der Waals surface area contributed by atoms with Gasteiger partial charge in [0.25, 0.3) is 10.0 Å². The van der Waals surface area contributed by atoms with E-state index in [0.29, 0.717) is 0 Å². The predicted octanol–water partition coefficient (Wildman–Crippen LogP) is 6.52. The number of nitrogens with one attached hydrogen (secondary N) is 1. The first-order valence-corrected chi connectivity index (χ1v) is 17.1. The number of hydrogen-bond donors (Lipinski definition) is 1. The highest BCUT2D eigenvalue weighted by Gasteiger charge is 2.36. The highest BCUT2D eigenvalue weighted by Crippen LogP contribution is 2.33. The molecule has 1 atom stereocenters. The van der Waals surface area contributed by atoms with Crippen molar-refractivity contribution in [1.29, 1.82) is 0 Å². The number of aryl methyl sites for hydroxylation is 1. The zero-order valence-corrected chi connectivity index (χ0v) is 29.1. The van der Waals surface area contributed by atoms with Crippen molar-refractivity contribution in [3.63, 3.8) is 0 Å². The number of amides is 2. The van der Waals surface area contributed by atoms with Crippen molar-refractivity contribution < 1.29 is 22.7 Å². The molecular formula is C36H40BrN3O5S. The van der Waals surface area contributed by atoms with Crippen LogP contribution in [0.15, 0.2) is 112 Å². The number of methoxy groups -OCH3 is 1. The minimum Gasteiger partial charge on any atom is -0.495 e. The number of benzene rings is 4. The summed E-state index contributed by atoms with van der Waals surface area (Å²) in [5.41, 5.74) is 2.16. The fraction of sp³-hybridized carbons (Fsp3) is 0.278. The maximum atomic E-state index is 14.6. The first kappa shape index (κ1) is 34.7. The summed E-state index contributed by atoms with van der Waals surface area (Å²) < 4.78 is 36.0. The van der Waals surface area contributed by atoms with Crippen LogP contribution < -0.4 is 14.4 Å². The van der Waals surface area contributed by atoms with E-state index in [1.807, 2.05) is 82.3 Å². The van der Waals surface area contributed by atoms with Crippen molar-refractivity contribution in [3.8, 4) is 5.75 Å². The summed E-state index contributed by atoms with van der Waals surface area (Å²) in [5.74, 6) is -0.604. The van der Waals surface area contributed by atoms with Crippen LogP contribution in [0.25, 0.3) is 0 Å². The first-order chi connectivity index (χ1) is 21.8. The topological polar surface area (TPSA) is 96.0 Å². The SMILES string of the molecule is COc1ccccc1N(CC(=O)N(Cc1cccc(Br)c1)[C@@H](Cc1ccccc1)C(=O)NC(C)(C)C)S(=O)(=O)c1ccc(C)cc1. The highest BCUT2D eigenvalue weighted by molar-refractivity contribution is 9.10. The summed E-state index contributed by atoms with van der Waals surface area (Å²) in [6.07, 6.45) is 0.224. The van der Waals surface area contributed by atoms with E-state index < -0.39 is 34.1 Å². The first-order valence-electron chi connectivity index (χ1n) is 14.9. The number of carbonyl (C=O) groups is 2. The third-order valence-corrected chi connectivity index (χ3v) is 9.52. The third-order valence-electron chi connectivity index (χ3n) is 7.25. The number of carbonyl (C=O) groups excluding carboxylic acids is 2. The number of para-hydroxylation sites is 2. The standard InChI is InChI=1S/C36H40BrN3O5S/c1-26-18-20-30(21-19-26)46(43,44)40(31-16-9-10-17-33(31)45-5)25-34(41)39(24-28-14-11-15-29(37)22-28)32(35(42)38-36(2,3)4)23-27-12-7-6-8-13-27/h6-22,32H,23-25H2,1-5H3,(H,38,42)/t32-/m0/s1. The van der Waals surface area contributed by atoms with E-state index in [0.717, 1.165) is 25.5 Å². The molecule has 0 saturated heterocycles. The maximum absolute atomic E-state index is 14.6. The van der Waals surface area contributed by atoms with E-state index in [1.165, 1.54) is 24.1 Å². The molecule has 0 heterocycles. The van der Waals surface area contributed by atoms with Gasteiger partial charge < -0.3 is 15.0 Å². The summed E-state index contributed by atoms with van der Waals surface area (Å²) in [5, 5.41) is 3.04. The number of rotatable bonds is 12. The molecule has 0 aliphatic heterocycles. The van der Waals surface area contributed by atoms with Gasteiger partial charge in [-0.15, -0.1) is 0 Å². The van der Waals surface area contributed by atoms with Crippen molar-refractivity contribution in [2.75, 3.05) is 18.0 Å². The van der Waals surface area contributed by atoms with Gasteiger partial charge in [0.15, 0.2) is 0 Å². The van der Waals surface area contributed by atoms with E-state index in [9.17, 15) is 18.0 Å². The Hall–Kier alpha value is -4.15. The van der Waals surface area contributed by atoms with Gasteiger partial charge >= 0.3 is 0 Å². The molecule has 242 valence electrons. The summed E-state index contributed by atoms with van der Waals surface area (Å²) in [6, 6.07) is 29.1. The van der Waals surface area contributed by atoms with Gasteiger partial charge in [0.05, 0.1) is 17.7 Å². The maximum Gasteiger partial charge on any atom is 0.264 e. The predicted molar refractivity (Wildman–Crippen MR) is 185 cm³/mol. The van der Waals surface area contributed by atoms with Gasteiger partial charge in [-0.1, -0.05) is 88.2 Å². The number of ether oxygens (including phenoxy) is 1. The Morgan fingerprint density at radius 3 is 2.13 bits per heavy atom. The summed E-state index contributed by atoms with van der Waals surface area (Å²) in [4.78, 5) is 30.1. The zero-order valence-electron chi connectivity index (χ0n) is 26.7. The van der Waals surface area contributed by atoms with Gasteiger partial charge in [0.2, 0.25) is 11.8 Å². The molecule has 4 aromatic carbocycles. The fourth-order valence-corrected chi connectivity index (χ4v) is 6.90. The Labute approximate surface area is 280 Å². The van der Waals surface area contributed by atoms with Crippen molar-refractivity contribution in [3.05, 3.63) is 124 Å². The van der Waals surface area contributed by atoms with Crippen LogP contribution in [0.4, 0.5) is 5.69 Å². The molecule has 4 aromatic rings. The van der Waals surface area contributed by atoms with Gasteiger partial charge in [0.1, 0.15) is 18.3 Å². The Bertz CT molecular complexity index is 1760. The molecule has 0 saturated carbocycles. The third kappa shape index (κ3) is 8.98. The smallest absolute Gasteiger partial charge is 0.264 e. The number of sulfonamides is 1. The second-order valence-corrected chi connectivity index (χ2v) is 14.9. The molecule has 2 amide bonds. The van der Waals surface area contributed by atoms with Gasteiger partial charge in [-0.05, 0) is 75.2 Å². The molecule has 1 N–H and O–H groups in total. The van der Waals surface area contributed by atoms with Crippen molar-refractivity contribution >= 4 is 43.5 Å². The second kappa shape index (κ2) is 15.0. The van der Waals surface area contributed by atoms with E-state index in [-0.39, 0.29) is 35.2 Å². The monoisotopic (exact) mass is 705 g/mol. The molecule has 0 aromatic heterocycles. The highest BCUT2D eigenvalue weighted by atomic mass is 79.9. The second-order valence-electron chi connectivity index (χ2n) is 12.1. The molecule has 0 spiro atoms. The molecule has 0 bridgehead atoms. The van der Waals surface area contributed by atoms with Crippen LogP contribution in [0, 0.1) is 6.92 Å². The normalized spacial score (nSPS) is 12.2. The lowest BCUT2D eigenvalue weighted by atomic mass is 10.0. The molecule has 0 radical (unpaired) electrons. The Morgan fingerprint density at radius 2 is 1.50 bits per heavy atom. The van der Waals surface area contributed by atoms with Crippen LogP contribution in [-0.2, 0) is 32.6 Å². The lowest BCUT2D eigenvalue weighted by Crippen LogP contribution is -2.56. The fourth-order valence-electron chi connectivity index (χ4n) is 5.03. The minimum atomic E-state index is -4.25. The zero-order chi connectivity index (χ0) is 33.5. The molecular weight excluding hydrogens is 666 g/mol. The summed E-state index contributed by atoms with van der Waals surface area (Å²) in [7, 11) is -2.80. The van der Waals surface area contributed by atoms with E-state index in [1.54, 1.807) is 36.4 Å². The van der Waals surface area contributed by atoms with Crippen molar-refractivity contribution in [1.82, 2.24) is 10.2 Å². The van der Waals surface area contributed by atoms with Gasteiger partial charge in [-0.2, -0.15) is 0 Å².